The number of rotatable bonds is 3. The molecule has 2 bridgehead atoms. The van der Waals surface area contributed by atoms with Crippen LogP contribution < -0.4 is 5.32 Å². The van der Waals surface area contributed by atoms with Crippen molar-refractivity contribution in [2.45, 2.75) is 56.8 Å². The molecular formula is C17H19F4NO. The molecule has 0 spiro atoms. The van der Waals surface area contributed by atoms with E-state index in [0.29, 0.717) is 12.8 Å². The molecule has 1 aromatic carbocycles. The Balaban J connectivity index is 1.76. The maximum atomic E-state index is 13.3. The number of Topliss-reactive ketones (excluding diaryl/α,β-unsaturated/α-hetero) is 1. The van der Waals surface area contributed by atoms with E-state index < -0.39 is 17.6 Å². The van der Waals surface area contributed by atoms with Gasteiger partial charge in [0, 0.05) is 24.4 Å². The van der Waals surface area contributed by atoms with Crippen molar-refractivity contribution in [1.82, 2.24) is 5.32 Å². The Bertz CT molecular complexity index is 587. The maximum Gasteiger partial charge on any atom is 0.416 e. The van der Waals surface area contributed by atoms with Crippen molar-refractivity contribution in [2.24, 2.45) is 5.92 Å². The lowest BCUT2D eigenvalue weighted by Crippen LogP contribution is -2.50. The van der Waals surface area contributed by atoms with Crippen molar-refractivity contribution < 1.29 is 22.4 Å². The van der Waals surface area contributed by atoms with Crippen LogP contribution in [-0.2, 0) is 17.4 Å². The molecule has 2 aliphatic heterocycles. The van der Waals surface area contributed by atoms with Crippen molar-refractivity contribution in [3.63, 3.8) is 0 Å². The van der Waals surface area contributed by atoms with Crippen LogP contribution in [0.15, 0.2) is 18.2 Å². The molecule has 2 saturated heterocycles. The second kappa shape index (κ2) is 6.23. The van der Waals surface area contributed by atoms with Gasteiger partial charge in [-0.1, -0.05) is 6.42 Å². The average Bonchev–Trinajstić information content (AvgIpc) is 2.45. The zero-order chi connectivity index (χ0) is 16.6. The summed E-state index contributed by atoms with van der Waals surface area (Å²) < 4.78 is 52.4. The van der Waals surface area contributed by atoms with Crippen LogP contribution in [0.3, 0.4) is 0 Å². The topological polar surface area (TPSA) is 29.1 Å². The second-order valence-corrected chi connectivity index (χ2v) is 6.60. The van der Waals surface area contributed by atoms with Crippen LogP contribution in [0, 0.1) is 11.7 Å². The molecule has 1 N–H and O–H groups in total. The van der Waals surface area contributed by atoms with E-state index in [9.17, 15) is 22.4 Å². The van der Waals surface area contributed by atoms with Crippen molar-refractivity contribution in [1.29, 1.82) is 0 Å². The molecule has 2 fully saturated rings. The number of benzene rings is 1. The first kappa shape index (κ1) is 16.4. The van der Waals surface area contributed by atoms with Crippen LogP contribution in [-0.4, -0.2) is 17.9 Å². The standard InChI is InChI=1S/C17H19F4NO/c18-12-4-5-15(17(19,20)21)10(6-12)9-16(23)11-7-13-2-1-3-14(8-11)22-13/h4-6,11,13-14,22H,1-3,7-9H2. The zero-order valence-electron chi connectivity index (χ0n) is 12.6. The van der Waals surface area contributed by atoms with E-state index in [0.717, 1.165) is 37.5 Å². The number of alkyl halides is 3. The highest BCUT2D eigenvalue weighted by Crippen LogP contribution is 2.35. The normalized spacial score (nSPS) is 27.7. The third-order valence-electron chi connectivity index (χ3n) is 4.91. The van der Waals surface area contributed by atoms with Crippen molar-refractivity contribution in [3.8, 4) is 0 Å². The summed E-state index contributed by atoms with van der Waals surface area (Å²) in [5, 5.41) is 3.45. The molecule has 23 heavy (non-hydrogen) atoms. The first-order chi connectivity index (χ1) is 10.8. The number of ketones is 1. The van der Waals surface area contributed by atoms with Crippen molar-refractivity contribution in [2.75, 3.05) is 0 Å². The highest BCUT2D eigenvalue weighted by molar-refractivity contribution is 5.83. The van der Waals surface area contributed by atoms with Gasteiger partial charge in [-0.2, -0.15) is 13.2 Å². The van der Waals surface area contributed by atoms with Gasteiger partial charge in [-0.15, -0.1) is 0 Å². The molecule has 0 aromatic heterocycles. The van der Waals surface area contributed by atoms with Crippen LogP contribution in [0.2, 0.25) is 0 Å². The van der Waals surface area contributed by atoms with Crippen molar-refractivity contribution >= 4 is 5.78 Å². The lowest BCUT2D eigenvalue weighted by molar-refractivity contribution is -0.138. The van der Waals surface area contributed by atoms with Gasteiger partial charge in [0.05, 0.1) is 5.56 Å². The molecule has 1 aromatic rings. The first-order valence-corrected chi connectivity index (χ1v) is 7.97. The third-order valence-corrected chi connectivity index (χ3v) is 4.91. The predicted octanol–water partition coefficient (Wildman–Crippen LogP) is 3.88. The van der Waals surface area contributed by atoms with Crippen LogP contribution in [0.1, 0.15) is 43.2 Å². The van der Waals surface area contributed by atoms with E-state index in [1.54, 1.807) is 0 Å². The minimum absolute atomic E-state index is 0.209. The molecule has 2 unspecified atom stereocenters. The van der Waals surface area contributed by atoms with Crippen LogP contribution in [0.4, 0.5) is 17.6 Å². The fraction of sp³-hybridized carbons (Fsp3) is 0.588. The van der Waals surface area contributed by atoms with Gasteiger partial charge in [0.15, 0.2) is 0 Å². The monoisotopic (exact) mass is 329 g/mol. The molecule has 2 atom stereocenters. The fourth-order valence-corrected chi connectivity index (χ4v) is 3.85. The summed E-state index contributed by atoms with van der Waals surface area (Å²) in [6.45, 7) is 0. The molecule has 2 aliphatic rings. The van der Waals surface area contributed by atoms with E-state index in [1.165, 1.54) is 0 Å². The summed E-state index contributed by atoms with van der Waals surface area (Å²) in [7, 11) is 0. The van der Waals surface area contributed by atoms with Gasteiger partial charge in [-0.25, -0.2) is 4.39 Å². The van der Waals surface area contributed by atoms with Crippen LogP contribution in [0.25, 0.3) is 0 Å². The van der Waals surface area contributed by atoms with Crippen LogP contribution >= 0.6 is 0 Å². The Kier molecular flexibility index (Phi) is 4.45. The number of carbonyl (C=O) groups is 1. The number of halogens is 4. The first-order valence-electron chi connectivity index (χ1n) is 7.97. The quantitative estimate of drug-likeness (QED) is 0.853. The molecule has 0 radical (unpaired) electrons. The van der Waals surface area contributed by atoms with Gasteiger partial charge in [-0.3, -0.25) is 4.79 Å². The summed E-state index contributed by atoms with van der Waals surface area (Å²) in [5.74, 6) is -1.18. The molecular weight excluding hydrogens is 310 g/mol. The molecule has 2 nitrogen and oxygen atoms in total. The zero-order valence-corrected chi connectivity index (χ0v) is 12.6. The Morgan fingerprint density at radius 3 is 2.43 bits per heavy atom. The molecule has 0 aliphatic carbocycles. The molecule has 126 valence electrons. The summed E-state index contributed by atoms with van der Waals surface area (Å²) in [4.78, 5) is 12.5. The fourth-order valence-electron chi connectivity index (χ4n) is 3.85. The van der Waals surface area contributed by atoms with Gasteiger partial charge in [0.25, 0.3) is 0 Å². The lowest BCUT2D eigenvalue weighted by Gasteiger charge is -2.39. The van der Waals surface area contributed by atoms with E-state index in [4.69, 9.17) is 0 Å². The SMILES string of the molecule is O=C(Cc1cc(F)ccc1C(F)(F)F)C1CC2CCCC(C1)N2. The Morgan fingerprint density at radius 1 is 1.17 bits per heavy atom. The summed E-state index contributed by atoms with van der Waals surface area (Å²) in [6.07, 6.45) is -0.434. The lowest BCUT2D eigenvalue weighted by atomic mass is 9.77. The van der Waals surface area contributed by atoms with E-state index in [2.05, 4.69) is 5.32 Å². The van der Waals surface area contributed by atoms with Gasteiger partial charge in [0.1, 0.15) is 11.6 Å². The summed E-state index contributed by atoms with van der Waals surface area (Å²) in [6, 6.07) is 2.90. The maximum absolute atomic E-state index is 13.3. The number of hydrogen-bond acceptors (Lipinski definition) is 2. The number of hydrogen-bond donors (Lipinski definition) is 1. The Morgan fingerprint density at radius 2 is 1.83 bits per heavy atom. The minimum atomic E-state index is -4.58. The third kappa shape index (κ3) is 3.74. The number of carbonyl (C=O) groups excluding carboxylic acids is 1. The Hall–Kier alpha value is -1.43. The van der Waals surface area contributed by atoms with E-state index in [-0.39, 0.29) is 35.8 Å². The highest BCUT2D eigenvalue weighted by atomic mass is 19.4. The second-order valence-electron chi connectivity index (χ2n) is 6.60. The molecule has 3 rings (SSSR count). The van der Waals surface area contributed by atoms with E-state index >= 15 is 0 Å². The number of piperidine rings is 2. The molecule has 2 heterocycles. The molecule has 6 heteroatoms. The van der Waals surface area contributed by atoms with E-state index in [1.807, 2.05) is 0 Å². The number of nitrogens with one attached hydrogen (secondary N) is 1. The average molecular weight is 329 g/mol. The highest BCUT2D eigenvalue weighted by Gasteiger charge is 2.37. The predicted molar refractivity (Wildman–Crippen MR) is 77.4 cm³/mol. The summed E-state index contributed by atoms with van der Waals surface area (Å²) >= 11 is 0. The Labute approximate surface area is 132 Å². The van der Waals surface area contributed by atoms with Crippen molar-refractivity contribution in [3.05, 3.63) is 35.1 Å². The molecule has 0 amide bonds. The molecule has 0 saturated carbocycles. The minimum Gasteiger partial charge on any atom is -0.311 e. The largest absolute Gasteiger partial charge is 0.416 e. The van der Waals surface area contributed by atoms with Gasteiger partial charge < -0.3 is 5.32 Å². The summed E-state index contributed by atoms with van der Waals surface area (Å²) in [5.41, 5.74) is -1.17. The van der Waals surface area contributed by atoms with Crippen LogP contribution in [0.5, 0.6) is 0 Å². The van der Waals surface area contributed by atoms with Gasteiger partial charge in [0.2, 0.25) is 0 Å². The van der Waals surface area contributed by atoms with Gasteiger partial charge >= 0.3 is 6.18 Å². The van der Waals surface area contributed by atoms with Gasteiger partial charge in [-0.05, 0) is 49.4 Å². The number of fused-ring (bicyclic) bond motifs is 2. The smallest absolute Gasteiger partial charge is 0.311 e.